The van der Waals surface area contributed by atoms with Gasteiger partial charge in [-0.3, -0.25) is 19.4 Å². The molecule has 4 rings (SSSR count). The number of hydrogen-bond donors (Lipinski definition) is 0. The molecule has 0 spiro atoms. The molecule has 0 aromatic carbocycles. The number of allylic oxidation sites excluding steroid dienone is 4. The van der Waals surface area contributed by atoms with E-state index in [2.05, 4.69) is 35.0 Å². The van der Waals surface area contributed by atoms with Crippen molar-refractivity contribution in [3.05, 3.63) is 23.8 Å². The highest BCUT2D eigenvalue weighted by atomic mass is 16.2. The third kappa shape index (κ3) is 5.52. The van der Waals surface area contributed by atoms with Gasteiger partial charge in [0.25, 0.3) is 0 Å². The van der Waals surface area contributed by atoms with E-state index in [4.69, 9.17) is 0 Å². The van der Waals surface area contributed by atoms with Gasteiger partial charge >= 0.3 is 0 Å². The first-order valence-electron chi connectivity index (χ1n) is 12.0. The molecule has 0 aromatic rings. The fourth-order valence-corrected chi connectivity index (χ4v) is 4.90. The van der Waals surface area contributed by atoms with E-state index < -0.39 is 0 Å². The van der Waals surface area contributed by atoms with Crippen LogP contribution in [-0.2, 0) is 9.59 Å². The van der Waals surface area contributed by atoms with Crippen LogP contribution in [0.25, 0.3) is 0 Å². The van der Waals surface area contributed by atoms with Crippen molar-refractivity contribution in [1.29, 1.82) is 0 Å². The molecule has 1 saturated carbocycles. The summed E-state index contributed by atoms with van der Waals surface area (Å²) in [5.41, 5.74) is 1.29. The maximum Gasteiger partial charge on any atom is 0.236 e. The zero-order chi connectivity index (χ0) is 20.9. The van der Waals surface area contributed by atoms with Gasteiger partial charge in [-0.1, -0.05) is 37.1 Å². The Hall–Kier alpha value is -1.66. The van der Waals surface area contributed by atoms with Crippen LogP contribution < -0.4 is 0 Å². The lowest BCUT2D eigenvalue weighted by Crippen LogP contribution is -2.56. The summed E-state index contributed by atoms with van der Waals surface area (Å²) in [4.78, 5) is 34.1. The van der Waals surface area contributed by atoms with E-state index in [1.807, 2.05) is 9.80 Å². The highest BCUT2D eigenvalue weighted by Gasteiger charge is 2.30. The van der Waals surface area contributed by atoms with Crippen LogP contribution in [0.1, 0.15) is 45.4 Å². The molecule has 3 fully saturated rings. The number of hydrogen-bond acceptors (Lipinski definition) is 4. The second-order valence-electron chi connectivity index (χ2n) is 9.51. The second kappa shape index (κ2) is 10.1. The zero-order valence-electron chi connectivity index (χ0n) is 18.6. The van der Waals surface area contributed by atoms with Gasteiger partial charge in [-0.15, -0.1) is 0 Å². The molecule has 1 atom stereocenters. The summed E-state index contributed by atoms with van der Waals surface area (Å²) in [6, 6.07) is 0.779. The van der Waals surface area contributed by atoms with Gasteiger partial charge in [-0.05, 0) is 31.6 Å². The minimum atomic E-state index is 0.251. The average Bonchev–Trinajstić information content (AvgIpc) is 2.73. The predicted molar refractivity (Wildman–Crippen MR) is 119 cm³/mol. The number of rotatable bonds is 6. The molecule has 0 aromatic heterocycles. The maximum atomic E-state index is 12.7. The Bertz CT molecular complexity index is 669. The molecule has 0 bridgehead atoms. The van der Waals surface area contributed by atoms with Crippen LogP contribution in [0.2, 0.25) is 0 Å². The topological polar surface area (TPSA) is 47.1 Å². The first-order chi connectivity index (χ1) is 14.6. The van der Waals surface area contributed by atoms with Gasteiger partial charge in [0, 0.05) is 64.8 Å². The Kier molecular flexibility index (Phi) is 7.26. The molecular weight excluding hydrogens is 376 g/mol. The summed E-state index contributed by atoms with van der Waals surface area (Å²) in [5.74, 6) is 1.13. The Morgan fingerprint density at radius 2 is 1.60 bits per heavy atom. The van der Waals surface area contributed by atoms with Crippen LogP contribution in [0.15, 0.2) is 23.8 Å². The summed E-state index contributed by atoms with van der Waals surface area (Å²) in [5, 5.41) is 0. The lowest BCUT2D eigenvalue weighted by atomic mass is 9.91. The van der Waals surface area contributed by atoms with Crippen molar-refractivity contribution in [3.63, 3.8) is 0 Å². The molecule has 0 N–H and O–H groups in total. The lowest BCUT2D eigenvalue weighted by Gasteiger charge is -2.43. The van der Waals surface area contributed by atoms with Crippen LogP contribution in [0.5, 0.6) is 0 Å². The number of nitrogens with zero attached hydrogens (tertiary/aromatic N) is 4. The quantitative estimate of drug-likeness (QED) is 0.668. The van der Waals surface area contributed by atoms with E-state index in [1.54, 1.807) is 0 Å². The molecule has 1 unspecified atom stereocenters. The fourth-order valence-electron chi connectivity index (χ4n) is 4.90. The van der Waals surface area contributed by atoms with Gasteiger partial charge in [0.15, 0.2) is 0 Å². The van der Waals surface area contributed by atoms with Crippen molar-refractivity contribution < 1.29 is 9.59 Å². The van der Waals surface area contributed by atoms with E-state index in [9.17, 15) is 9.59 Å². The van der Waals surface area contributed by atoms with Crippen molar-refractivity contribution >= 4 is 11.8 Å². The number of amides is 2. The molecule has 2 aliphatic heterocycles. The molecule has 2 saturated heterocycles. The third-order valence-electron chi connectivity index (χ3n) is 7.36. The van der Waals surface area contributed by atoms with Crippen LogP contribution in [-0.4, -0.2) is 96.4 Å². The number of carbonyl (C=O) groups excluding carboxylic acids is 2. The summed E-state index contributed by atoms with van der Waals surface area (Å²) in [6.07, 6.45) is 13.2. The second-order valence-corrected chi connectivity index (χ2v) is 9.51. The van der Waals surface area contributed by atoms with Crippen LogP contribution >= 0.6 is 0 Å². The average molecular weight is 415 g/mol. The summed E-state index contributed by atoms with van der Waals surface area (Å²) in [6.45, 7) is 9.62. The smallest absolute Gasteiger partial charge is 0.236 e. The molecule has 2 amide bonds. The molecule has 4 aliphatic rings. The molecular formula is C24H38N4O2. The Labute approximate surface area is 181 Å². The van der Waals surface area contributed by atoms with Gasteiger partial charge in [0.2, 0.25) is 11.8 Å². The summed E-state index contributed by atoms with van der Waals surface area (Å²) >= 11 is 0. The van der Waals surface area contributed by atoms with E-state index in [0.717, 1.165) is 71.2 Å². The zero-order valence-corrected chi connectivity index (χ0v) is 18.6. The molecule has 2 heterocycles. The standard InChI is InChI=1S/C24H38N4O2/c1-20-5-7-21(8-6-20)9-10-23(29)27-13-11-25(12-14-27)19-24(30)28-17-15-26(16-18-28)22-3-2-4-22/h5,7-8,20,22H,2-4,6,9-19H2,1H3. The van der Waals surface area contributed by atoms with Crippen molar-refractivity contribution in [1.82, 2.24) is 19.6 Å². The minimum absolute atomic E-state index is 0.251. The first kappa shape index (κ1) is 21.6. The Balaban J connectivity index is 1.13. The van der Waals surface area contributed by atoms with Crippen LogP contribution in [0.4, 0.5) is 0 Å². The largest absolute Gasteiger partial charge is 0.340 e. The number of carbonyl (C=O) groups is 2. The predicted octanol–water partition coefficient (Wildman–Crippen LogP) is 2.13. The number of piperazine rings is 2. The molecule has 6 nitrogen and oxygen atoms in total. The normalized spacial score (nSPS) is 26.4. The molecule has 30 heavy (non-hydrogen) atoms. The summed E-state index contributed by atoms with van der Waals surface area (Å²) < 4.78 is 0. The molecule has 2 aliphatic carbocycles. The highest BCUT2D eigenvalue weighted by molar-refractivity contribution is 5.79. The van der Waals surface area contributed by atoms with Crippen molar-refractivity contribution in [2.75, 3.05) is 58.9 Å². The maximum absolute atomic E-state index is 12.7. The lowest BCUT2D eigenvalue weighted by molar-refractivity contribution is -0.136. The molecule has 166 valence electrons. The minimum Gasteiger partial charge on any atom is -0.340 e. The van der Waals surface area contributed by atoms with E-state index in [0.29, 0.717) is 18.9 Å². The van der Waals surface area contributed by atoms with Gasteiger partial charge in [-0.25, -0.2) is 0 Å². The van der Waals surface area contributed by atoms with Gasteiger partial charge in [0.05, 0.1) is 6.54 Å². The molecule has 6 heteroatoms. The molecule has 0 radical (unpaired) electrons. The highest BCUT2D eigenvalue weighted by Crippen LogP contribution is 2.25. The van der Waals surface area contributed by atoms with Gasteiger partial charge < -0.3 is 9.80 Å². The van der Waals surface area contributed by atoms with Gasteiger partial charge in [0.1, 0.15) is 0 Å². The Morgan fingerprint density at radius 3 is 2.20 bits per heavy atom. The van der Waals surface area contributed by atoms with Crippen LogP contribution in [0.3, 0.4) is 0 Å². The van der Waals surface area contributed by atoms with E-state index in [1.165, 1.54) is 24.8 Å². The monoisotopic (exact) mass is 414 g/mol. The Morgan fingerprint density at radius 1 is 0.933 bits per heavy atom. The first-order valence-corrected chi connectivity index (χ1v) is 12.0. The van der Waals surface area contributed by atoms with Crippen molar-refractivity contribution in [2.45, 2.75) is 51.5 Å². The summed E-state index contributed by atoms with van der Waals surface area (Å²) in [7, 11) is 0. The van der Waals surface area contributed by atoms with Crippen molar-refractivity contribution in [2.24, 2.45) is 5.92 Å². The third-order valence-corrected chi connectivity index (χ3v) is 7.36. The van der Waals surface area contributed by atoms with Crippen LogP contribution in [0, 0.1) is 5.92 Å². The fraction of sp³-hybridized carbons (Fsp3) is 0.750. The SMILES string of the molecule is CC1C=CC(CCC(=O)N2CCN(CC(=O)N3CCN(C4CCC4)CC3)CC2)=CC1. The van der Waals surface area contributed by atoms with Gasteiger partial charge in [-0.2, -0.15) is 0 Å². The van der Waals surface area contributed by atoms with Crippen molar-refractivity contribution in [3.8, 4) is 0 Å². The van der Waals surface area contributed by atoms with E-state index in [-0.39, 0.29) is 11.8 Å². The van der Waals surface area contributed by atoms with E-state index >= 15 is 0 Å².